The average molecular weight is 759 g/mol. The number of benzene rings is 6. The van der Waals surface area contributed by atoms with Crippen molar-refractivity contribution in [1.82, 2.24) is 0 Å². The highest BCUT2D eigenvalue weighted by Gasteiger charge is 2.39. The van der Waals surface area contributed by atoms with Crippen LogP contribution in [0.4, 0.5) is 0 Å². The largest absolute Gasteiger partial charge is 0.305 e. The number of rotatable bonds is 13. The highest BCUT2D eigenvalue weighted by molar-refractivity contribution is 8.76. The number of hydrogen-bond donors (Lipinski definition) is 0. The first-order chi connectivity index (χ1) is 25.0. The monoisotopic (exact) mass is 758 g/mol. The van der Waals surface area contributed by atoms with Gasteiger partial charge in [0.1, 0.15) is 0 Å². The topological polar surface area (TPSA) is 68.3 Å². The second-order valence-electron chi connectivity index (χ2n) is 12.9. The first-order valence-corrected chi connectivity index (χ1v) is 22.9. The Morgan fingerprint density at radius 2 is 0.654 bits per heavy atom. The lowest BCUT2D eigenvalue weighted by Gasteiger charge is -2.21. The summed E-state index contributed by atoms with van der Waals surface area (Å²) in [5.74, 6) is 1.45. The van der Waals surface area contributed by atoms with Crippen LogP contribution in [-0.2, 0) is 20.6 Å². The Morgan fingerprint density at radius 1 is 0.423 bits per heavy atom. The van der Waals surface area contributed by atoms with E-state index in [4.69, 9.17) is 0 Å². The van der Waals surface area contributed by atoms with Crippen molar-refractivity contribution in [3.8, 4) is 0 Å². The molecular weight excluding hydrogens is 719 g/mol. The van der Waals surface area contributed by atoms with Crippen LogP contribution in [0.15, 0.2) is 146 Å². The van der Waals surface area contributed by atoms with E-state index in [1.54, 1.807) is 70.1 Å². The fourth-order valence-electron chi connectivity index (χ4n) is 6.80. The molecule has 0 fully saturated rings. The van der Waals surface area contributed by atoms with Gasteiger partial charge >= 0.3 is 0 Å². The molecule has 0 N–H and O–H groups in total. The second kappa shape index (κ2) is 16.2. The summed E-state index contributed by atoms with van der Waals surface area (Å²) in [4.78, 5) is 28.5. The summed E-state index contributed by atoms with van der Waals surface area (Å²) in [6, 6.07) is 44.4. The van der Waals surface area contributed by atoms with Gasteiger partial charge in [-0.25, -0.2) is 0 Å². The molecule has 0 radical (unpaired) electrons. The SMILES string of the molecule is Cc1cc(CSSCc2cc(C)c(C(=O)P(=O)(c3ccccc3)c3ccccc3)c(C)c2)cc(C)c1C(=O)P(=O)(c1ccccc1)c1ccccc1. The normalized spacial score (nSPS) is 11.7. The molecule has 0 aliphatic rings. The highest BCUT2D eigenvalue weighted by atomic mass is 33.1. The zero-order chi connectivity index (χ0) is 36.9. The standard InChI is InChI=1S/C44H40O4P2S2/c1-31-25-35(26-32(2)41(31)43(45)49(47,37-17-9-5-10-18-37)38-19-11-6-12-20-38)29-51-52-30-36-27-33(3)42(34(4)28-36)44(46)50(48,39-21-13-7-14-22-39)40-23-15-8-16-24-40/h5-28H,29-30H2,1-4H3. The molecule has 4 nitrogen and oxygen atoms in total. The predicted octanol–water partition coefficient (Wildman–Crippen LogP) is 10.3. The van der Waals surface area contributed by atoms with Gasteiger partial charge in [0.05, 0.1) is 0 Å². The summed E-state index contributed by atoms with van der Waals surface area (Å²) >= 11 is 0. The first kappa shape index (κ1) is 37.6. The molecule has 0 saturated carbocycles. The van der Waals surface area contributed by atoms with Crippen molar-refractivity contribution >= 4 is 68.1 Å². The number of hydrogen-bond acceptors (Lipinski definition) is 6. The van der Waals surface area contributed by atoms with E-state index in [0.29, 0.717) is 32.3 Å². The van der Waals surface area contributed by atoms with Gasteiger partial charge in [0.2, 0.25) is 25.3 Å². The maximum atomic E-state index is 14.7. The van der Waals surface area contributed by atoms with Gasteiger partial charge in [0.25, 0.3) is 0 Å². The third-order valence-electron chi connectivity index (χ3n) is 9.20. The maximum Gasteiger partial charge on any atom is 0.230 e. The molecule has 262 valence electrons. The fourth-order valence-corrected chi connectivity index (χ4v) is 14.1. The molecule has 6 aromatic carbocycles. The summed E-state index contributed by atoms with van der Waals surface area (Å²) in [5.41, 5.74) is 5.77. The van der Waals surface area contributed by atoms with E-state index in [9.17, 15) is 18.7 Å². The lowest BCUT2D eigenvalue weighted by molar-refractivity contribution is 0.106. The van der Waals surface area contributed by atoms with Gasteiger partial charge in [0, 0.05) is 43.9 Å². The van der Waals surface area contributed by atoms with Crippen molar-refractivity contribution in [1.29, 1.82) is 0 Å². The molecule has 0 atom stereocenters. The summed E-state index contributed by atoms with van der Waals surface area (Å²) in [5, 5.41) is 2.13. The minimum absolute atomic E-state index is 0.343. The van der Waals surface area contributed by atoms with Gasteiger partial charge in [-0.1, -0.05) is 167 Å². The molecule has 0 saturated heterocycles. The van der Waals surface area contributed by atoms with Gasteiger partial charge < -0.3 is 9.13 Å². The second-order valence-corrected chi connectivity index (χ2v) is 20.7. The van der Waals surface area contributed by atoms with Crippen LogP contribution < -0.4 is 21.2 Å². The number of aryl methyl sites for hydroxylation is 4. The number of carbonyl (C=O) groups excluding carboxylic acids is 2. The van der Waals surface area contributed by atoms with Crippen molar-refractivity contribution < 1.29 is 18.7 Å². The lowest BCUT2D eigenvalue weighted by Crippen LogP contribution is -2.23. The van der Waals surface area contributed by atoms with Crippen LogP contribution >= 0.6 is 35.9 Å². The van der Waals surface area contributed by atoms with Crippen LogP contribution in [0.3, 0.4) is 0 Å². The number of carbonyl (C=O) groups is 2. The summed E-state index contributed by atoms with van der Waals surface area (Å²) in [6.07, 6.45) is 0. The van der Waals surface area contributed by atoms with Crippen molar-refractivity contribution in [2.45, 2.75) is 39.2 Å². The molecule has 0 aliphatic heterocycles. The third kappa shape index (κ3) is 7.49. The Balaban J connectivity index is 1.17. The van der Waals surface area contributed by atoms with Gasteiger partial charge in [0.15, 0.2) is 0 Å². The Morgan fingerprint density at radius 3 is 0.885 bits per heavy atom. The minimum atomic E-state index is -3.61. The summed E-state index contributed by atoms with van der Waals surface area (Å²) in [7, 11) is -3.78. The average Bonchev–Trinajstić information content (AvgIpc) is 3.16. The van der Waals surface area contributed by atoms with E-state index in [1.165, 1.54) is 0 Å². The molecule has 6 aromatic rings. The van der Waals surface area contributed by atoms with Gasteiger partial charge in [-0.2, -0.15) is 0 Å². The van der Waals surface area contributed by atoms with E-state index in [2.05, 4.69) is 0 Å². The van der Waals surface area contributed by atoms with Crippen molar-refractivity contribution in [3.63, 3.8) is 0 Å². The minimum Gasteiger partial charge on any atom is -0.305 e. The lowest BCUT2D eigenvalue weighted by atomic mass is 10.0. The van der Waals surface area contributed by atoms with Crippen LogP contribution in [-0.4, -0.2) is 11.0 Å². The van der Waals surface area contributed by atoms with Crippen LogP contribution in [0.25, 0.3) is 0 Å². The molecule has 0 spiro atoms. The molecule has 52 heavy (non-hydrogen) atoms. The molecule has 6 rings (SSSR count). The zero-order valence-corrected chi connectivity index (χ0v) is 33.0. The smallest absolute Gasteiger partial charge is 0.230 e. The third-order valence-corrected chi connectivity index (χ3v) is 17.2. The molecule has 0 aliphatic carbocycles. The molecule has 0 heterocycles. The Bertz CT molecular complexity index is 2030. The van der Waals surface area contributed by atoms with Gasteiger partial charge in [-0.05, 0) is 61.1 Å². The van der Waals surface area contributed by atoms with E-state index < -0.39 is 14.3 Å². The zero-order valence-electron chi connectivity index (χ0n) is 29.6. The molecule has 0 amide bonds. The summed E-state index contributed by atoms with van der Waals surface area (Å²) in [6.45, 7) is 7.69. The van der Waals surface area contributed by atoms with Gasteiger partial charge in [-0.15, -0.1) is 0 Å². The highest BCUT2D eigenvalue weighted by Crippen LogP contribution is 2.49. The summed E-state index contributed by atoms with van der Waals surface area (Å²) < 4.78 is 29.5. The molecule has 0 aromatic heterocycles. The van der Waals surface area contributed by atoms with Crippen LogP contribution in [0.2, 0.25) is 0 Å². The van der Waals surface area contributed by atoms with E-state index in [-0.39, 0.29) is 11.0 Å². The van der Waals surface area contributed by atoms with Crippen LogP contribution in [0, 0.1) is 27.7 Å². The van der Waals surface area contributed by atoms with Crippen molar-refractivity contribution in [2.75, 3.05) is 0 Å². The first-order valence-electron chi connectivity index (χ1n) is 17.0. The van der Waals surface area contributed by atoms with Crippen LogP contribution in [0.5, 0.6) is 0 Å². The Kier molecular flexibility index (Phi) is 11.7. The van der Waals surface area contributed by atoms with E-state index >= 15 is 0 Å². The fraction of sp³-hybridized carbons (Fsp3) is 0.136. The molecular formula is C44H40O4P2S2. The van der Waals surface area contributed by atoms with E-state index in [1.807, 2.05) is 125 Å². The van der Waals surface area contributed by atoms with Crippen molar-refractivity contribution in [2.24, 2.45) is 0 Å². The van der Waals surface area contributed by atoms with Gasteiger partial charge in [-0.3, -0.25) is 9.59 Å². The molecule has 8 heteroatoms. The quantitative estimate of drug-likeness (QED) is 0.0664. The van der Waals surface area contributed by atoms with E-state index in [0.717, 1.165) is 44.9 Å². The van der Waals surface area contributed by atoms with Crippen molar-refractivity contribution in [3.05, 3.63) is 190 Å². The maximum absolute atomic E-state index is 14.7. The Labute approximate surface area is 314 Å². The Hall–Kier alpha value is -4.18. The van der Waals surface area contributed by atoms with Crippen LogP contribution in [0.1, 0.15) is 54.1 Å². The predicted molar refractivity (Wildman–Crippen MR) is 223 cm³/mol. The molecule has 0 unspecified atom stereocenters. The molecule has 0 bridgehead atoms.